The quantitative estimate of drug-likeness (QED) is 0.390. The molecule has 5 nitrogen and oxygen atoms in total. The third kappa shape index (κ3) is 5.57. The maximum atomic E-state index is 14.0. The molecule has 1 saturated heterocycles. The lowest BCUT2D eigenvalue weighted by Gasteiger charge is -2.37. The molecular weight excluding hydrogens is 470 g/mol. The van der Waals surface area contributed by atoms with Crippen molar-refractivity contribution in [3.8, 4) is 0 Å². The van der Waals surface area contributed by atoms with Crippen LogP contribution in [0.15, 0.2) is 53.5 Å². The van der Waals surface area contributed by atoms with Crippen LogP contribution in [0.2, 0.25) is 0 Å². The number of nitrogens with one attached hydrogen (secondary N) is 1. The largest absolute Gasteiger partial charge is 0.380 e. The normalized spacial score (nSPS) is 14.6. The average Bonchev–Trinajstić information content (AvgIpc) is 2.71. The smallest absolute Gasteiger partial charge is 0.194 e. The van der Waals surface area contributed by atoms with Crippen LogP contribution in [0.3, 0.4) is 0 Å². The number of benzene rings is 2. The summed E-state index contributed by atoms with van der Waals surface area (Å²) in [5, 5.41) is 3.45. The number of methoxy groups -OCH3 is 1. The molecule has 0 atom stereocenters. The average molecular weight is 498 g/mol. The van der Waals surface area contributed by atoms with E-state index in [0.29, 0.717) is 18.8 Å². The standard InChI is InChI=1S/C21H27FN4O.HI/c1-23-21(24-15-17-7-3-4-8-18(17)16-27-2)26-13-11-25(12-14-26)20-10-6-5-9-19(20)22;/h3-10H,11-16H2,1-2H3,(H,23,24);1H. The van der Waals surface area contributed by atoms with E-state index in [2.05, 4.69) is 32.2 Å². The molecule has 152 valence electrons. The van der Waals surface area contributed by atoms with Crippen molar-refractivity contribution in [1.29, 1.82) is 0 Å². The summed E-state index contributed by atoms with van der Waals surface area (Å²) in [7, 11) is 3.50. The fourth-order valence-electron chi connectivity index (χ4n) is 3.40. The number of nitrogens with zero attached hydrogens (tertiary/aromatic N) is 3. The number of guanidine groups is 1. The number of para-hydroxylation sites is 1. The van der Waals surface area contributed by atoms with E-state index < -0.39 is 0 Å². The molecule has 0 saturated carbocycles. The van der Waals surface area contributed by atoms with Crippen molar-refractivity contribution in [2.45, 2.75) is 13.2 Å². The molecule has 1 fully saturated rings. The van der Waals surface area contributed by atoms with Crippen molar-refractivity contribution in [2.24, 2.45) is 4.99 Å². The van der Waals surface area contributed by atoms with Gasteiger partial charge in [-0.05, 0) is 23.3 Å². The molecule has 0 aromatic heterocycles. The van der Waals surface area contributed by atoms with Crippen LogP contribution in [-0.4, -0.2) is 51.2 Å². The highest BCUT2D eigenvalue weighted by molar-refractivity contribution is 14.0. The predicted molar refractivity (Wildman–Crippen MR) is 123 cm³/mol. The first-order valence-corrected chi connectivity index (χ1v) is 9.23. The van der Waals surface area contributed by atoms with E-state index in [9.17, 15) is 4.39 Å². The predicted octanol–water partition coefficient (Wildman–Crippen LogP) is 3.49. The Morgan fingerprint density at radius 1 is 1.04 bits per heavy atom. The Balaban J connectivity index is 0.00000280. The zero-order valence-corrected chi connectivity index (χ0v) is 18.7. The minimum absolute atomic E-state index is 0. The van der Waals surface area contributed by atoms with E-state index in [4.69, 9.17) is 4.74 Å². The lowest BCUT2D eigenvalue weighted by Crippen LogP contribution is -2.52. The second kappa shape index (κ2) is 11.2. The highest BCUT2D eigenvalue weighted by Gasteiger charge is 2.21. The number of ether oxygens (including phenoxy) is 1. The van der Waals surface area contributed by atoms with Crippen LogP contribution in [-0.2, 0) is 17.9 Å². The van der Waals surface area contributed by atoms with Gasteiger partial charge in [-0.1, -0.05) is 36.4 Å². The van der Waals surface area contributed by atoms with E-state index in [1.807, 2.05) is 24.3 Å². The first-order valence-electron chi connectivity index (χ1n) is 9.23. The van der Waals surface area contributed by atoms with Gasteiger partial charge in [-0.25, -0.2) is 4.39 Å². The number of anilines is 1. The van der Waals surface area contributed by atoms with E-state index in [0.717, 1.165) is 32.1 Å². The molecule has 2 aromatic carbocycles. The van der Waals surface area contributed by atoms with Gasteiger partial charge in [-0.3, -0.25) is 4.99 Å². The minimum atomic E-state index is -0.164. The first kappa shape index (κ1) is 22.4. The van der Waals surface area contributed by atoms with E-state index in [-0.39, 0.29) is 29.8 Å². The number of hydrogen-bond acceptors (Lipinski definition) is 3. The summed E-state index contributed by atoms with van der Waals surface area (Å²) in [4.78, 5) is 8.73. The molecule has 0 aliphatic carbocycles. The van der Waals surface area contributed by atoms with Gasteiger partial charge in [0, 0.05) is 46.9 Å². The Hall–Kier alpha value is -1.87. The third-order valence-electron chi connectivity index (χ3n) is 4.84. The SMILES string of the molecule is CN=C(NCc1ccccc1COC)N1CCN(c2ccccc2F)CC1.I. The van der Waals surface area contributed by atoms with Gasteiger partial charge >= 0.3 is 0 Å². The summed E-state index contributed by atoms with van der Waals surface area (Å²) in [5.41, 5.74) is 3.05. The fraction of sp³-hybridized carbons (Fsp3) is 0.381. The van der Waals surface area contributed by atoms with Crippen LogP contribution >= 0.6 is 24.0 Å². The Morgan fingerprint density at radius 3 is 2.32 bits per heavy atom. The molecule has 0 bridgehead atoms. The Labute approximate surface area is 183 Å². The van der Waals surface area contributed by atoms with Crippen LogP contribution in [0.25, 0.3) is 0 Å². The van der Waals surface area contributed by atoms with Crippen molar-refractivity contribution in [3.63, 3.8) is 0 Å². The molecule has 28 heavy (non-hydrogen) atoms. The minimum Gasteiger partial charge on any atom is -0.380 e. The van der Waals surface area contributed by atoms with E-state index >= 15 is 0 Å². The summed E-state index contributed by atoms with van der Waals surface area (Å²) in [6.07, 6.45) is 0. The summed E-state index contributed by atoms with van der Waals surface area (Å²) >= 11 is 0. The van der Waals surface area contributed by atoms with E-state index in [1.54, 1.807) is 20.2 Å². The van der Waals surface area contributed by atoms with Crippen molar-refractivity contribution >= 4 is 35.6 Å². The maximum absolute atomic E-state index is 14.0. The van der Waals surface area contributed by atoms with Crippen molar-refractivity contribution in [2.75, 3.05) is 45.2 Å². The molecule has 0 unspecified atom stereocenters. The van der Waals surface area contributed by atoms with Gasteiger partial charge in [-0.15, -0.1) is 24.0 Å². The van der Waals surface area contributed by atoms with Crippen molar-refractivity contribution in [3.05, 3.63) is 65.5 Å². The molecule has 2 aromatic rings. The second-order valence-corrected chi connectivity index (χ2v) is 6.53. The van der Waals surface area contributed by atoms with Crippen LogP contribution < -0.4 is 10.2 Å². The zero-order valence-electron chi connectivity index (χ0n) is 16.4. The lowest BCUT2D eigenvalue weighted by molar-refractivity contribution is 0.184. The fourth-order valence-corrected chi connectivity index (χ4v) is 3.40. The third-order valence-corrected chi connectivity index (χ3v) is 4.84. The second-order valence-electron chi connectivity index (χ2n) is 6.53. The maximum Gasteiger partial charge on any atom is 0.194 e. The van der Waals surface area contributed by atoms with Crippen LogP contribution in [0.5, 0.6) is 0 Å². The summed E-state index contributed by atoms with van der Waals surface area (Å²) in [6.45, 7) is 4.42. The molecule has 0 amide bonds. The monoisotopic (exact) mass is 498 g/mol. The molecular formula is C21H28FIN4O. The topological polar surface area (TPSA) is 40.1 Å². The lowest BCUT2D eigenvalue weighted by atomic mass is 10.1. The number of rotatable bonds is 5. The molecule has 1 aliphatic heterocycles. The van der Waals surface area contributed by atoms with Crippen molar-refractivity contribution < 1.29 is 9.13 Å². The van der Waals surface area contributed by atoms with Gasteiger partial charge in [0.25, 0.3) is 0 Å². The number of aliphatic imine (C=N–C) groups is 1. The summed E-state index contributed by atoms with van der Waals surface area (Å²) < 4.78 is 19.3. The van der Waals surface area contributed by atoms with E-state index in [1.165, 1.54) is 17.2 Å². The number of hydrogen-bond donors (Lipinski definition) is 1. The van der Waals surface area contributed by atoms with Crippen LogP contribution in [0.4, 0.5) is 10.1 Å². The van der Waals surface area contributed by atoms with Gasteiger partial charge in [0.15, 0.2) is 5.96 Å². The molecule has 7 heteroatoms. The van der Waals surface area contributed by atoms with Crippen molar-refractivity contribution in [1.82, 2.24) is 10.2 Å². The first-order chi connectivity index (χ1) is 13.2. The highest BCUT2D eigenvalue weighted by atomic mass is 127. The summed E-state index contributed by atoms with van der Waals surface area (Å²) in [6, 6.07) is 15.2. The molecule has 1 heterocycles. The summed E-state index contributed by atoms with van der Waals surface area (Å²) in [5.74, 6) is 0.707. The number of halogens is 2. The molecule has 1 N–H and O–H groups in total. The molecule has 3 rings (SSSR count). The van der Waals surface area contributed by atoms with Gasteiger partial charge in [0.1, 0.15) is 5.82 Å². The zero-order chi connectivity index (χ0) is 19.1. The van der Waals surface area contributed by atoms with Gasteiger partial charge in [-0.2, -0.15) is 0 Å². The van der Waals surface area contributed by atoms with Gasteiger partial charge < -0.3 is 19.9 Å². The molecule has 1 aliphatic rings. The Kier molecular flexibility index (Phi) is 8.98. The van der Waals surface area contributed by atoms with Crippen LogP contribution in [0, 0.1) is 5.82 Å². The van der Waals surface area contributed by atoms with Gasteiger partial charge in [0.05, 0.1) is 12.3 Å². The highest BCUT2D eigenvalue weighted by Crippen LogP contribution is 2.20. The molecule has 0 spiro atoms. The Bertz CT molecular complexity index is 779. The van der Waals surface area contributed by atoms with Gasteiger partial charge in [0.2, 0.25) is 0 Å². The number of piperazine rings is 1. The van der Waals surface area contributed by atoms with Crippen LogP contribution in [0.1, 0.15) is 11.1 Å². The molecule has 0 radical (unpaired) electrons. The Morgan fingerprint density at radius 2 is 1.68 bits per heavy atom.